The Balaban J connectivity index is 1.90. The monoisotopic (exact) mass is 386 g/mol. The Labute approximate surface area is 149 Å². The number of ether oxygens (including phenoxy) is 1. The van der Waals surface area contributed by atoms with Gasteiger partial charge in [0.1, 0.15) is 18.4 Å². The van der Waals surface area contributed by atoms with Crippen LogP contribution in [0.3, 0.4) is 0 Å². The molecule has 0 aliphatic carbocycles. The Bertz CT molecular complexity index is 839. The van der Waals surface area contributed by atoms with Gasteiger partial charge in [0.2, 0.25) is 5.09 Å². The molecule has 25 heavy (non-hydrogen) atoms. The number of carbonyl (C=O) groups excluding carboxylic acids is 2. The molecule has 1 atom stereocenters. The molecule has 0 aromatic carbocycles. The molecule has 2 heterocycles. The van der Waals surface area contributed by atoms with Crippen molar-refractivity contribution in [3.8, 4) is 0 Å². The van der Waals surface area contributed by atoms with Gasteiger partial charge < -0.3 is 14.5 Å². The fraction of sp³-hybridized carbons (Fsp3) is 0.333. The van der Waals surface area contributed by atoms with Gasteiger partial charge in [-0.3, -0.25) is 4.79 Å². The van der Waals surface area contributed by atoms with Crippen molar-refractivity contribution < 1.29 is 27.2 Å². The van der Waals surface area contributed by atoms with Crippen LogP contribution in [0.15, 0.2) is 39.2 Å². The number of nitrogens with zero attached hydrogens (tertiary/aromatic N) is 1. The van der Waals surface area contributed by atoms with Crippen molar-refractivity contribution in [2.45, 2.75) is 24.7 Å². The number of amides is 1. The van der Waals surface area contributed by atoms with Crippen molar-refractivity contribution in [1.29, 1.82) is 0 Å². The second-order valence-corrected chi connectivity index (χ2v) is 8.32. The molecule has 136 valence electrons. The summed E-state index contributed by atoms with van der Waals surface area (Å²) in [5, 5.41) is 4.05. The first-order valence-corrected chi connectivity index (χ1v) is 9.56. The second kappa shape index (κ2) is 7.81. The van der Waals surface area contributed by atoms with Gasteiger partial charge >= 0.3 is 5.97 Å². The van der Waals surface area contributed by atoms with Gasteiger partial charge in [0.05, 0.1) is 4.88 Å². The van der Waals surface area contributed by atoms with Gasteiger partial charge in [-0.1, -0.05) is 6.07 Å². The molecule has 2 rings (SSSR count). The summed E-state index contributed by atoms with van der Waals surface area (Å²) in [4.78, 5) is 24.3. The fourth-order valence-electron chi connectivity index (χ4n) is 1.76. The van der Waals surface area contributed by atoms with E-state index in [2.05, 4.69) is 5.32 Å². The van der Waals surface area contributed by atoms with Crippen LogP contribution in [0.5, 0.6) is 0 Å². The standard InChI is InChI=1S/C15H18N2O6S2/c1-10(16-14(18)12-5-4-8-24-12)15(19)22-9-11-6-7-13(23-11)25(20,21)17(2)3/h4-8,10H,9H2,1-3H3,(H,16,18). The van der Waals surface area contributed by atoms with E-state index in [0.717, 1.165) is 4.31 Å². The highest BCUT2D eigenvalue weighted by Crippen LogP contribution is 2.17. The lowest BCUT2D eigenvalue weighted by molar-refractivity contribution is -0.147. The van der Waals surface area contributed by atoms with Gasteiger partial charge in [0.15, 0.2) is 0 Å². The van der Waals surface area contributed by atoms with Crippen molar-refractivity contribution in [1.82, 2.24) is 9.62 Å². The van der Waals surface area contributed by atoms with Crippen LogP contribution in [0, 0.1) is 0 Å². The summed E-state index contributed by atoms with van der Waals surface area (Å²) in [6.45, 7) is 1.26. The smallest absolute Gasteiger partial charge is 0.328 e. The molecule has 2 aromatic heterocycles. The van der Waals surface area contributed by atoms with Gasteiger partial charge in [-0.05, 0) is 30.5 Å². The number of carbonyl (C=O) groups is 2. The summed E-state index contributed by atoms with van der Waals surface area (Å²) < 4.78 is 35.1. The molecule has 1 unspecified atom stereocenters. The van der Waals surface area contributed by atoms with Gasteiger partial charge in [-0.2, -0.15) is 0 Å². The van der Waals surface area contributed by atoms with Crippen LogP contribution in [-0.4, -0.2) is 44.7 Å². The first-order valence-electron chi connectivity index (χ1n) is 7.24. The number of thiophene rings is 1. The zero-order valence-corrected chi connectivity index (χ0v) is 15.5. The van der Waals surface area contributed by atoms with Crippen LogP contribution >= 0.6 is 11.3 Å². The second-order valence-electron chi connectivity index (χ2n) is 5.29. The molecule has 0 saturated heterocycles. The average molecular weight is 386 g/mol. The third-order valence-electron chi connectivity index (χ3n) is 3.17. The Morgan fingerprint density at radius 1 is 1.32 bits per heavy atom. The number of rotatable bonds is 7. The summed E-state index contributed by atoms with van der Waals surface area (Å²) in [5.74, 6) is -0.833. The lowest BCUT2D eigenvalue weighted by Gasteiger charge is -2.12. The minimum atomic E-state index is -3.68. The minimum absolute atomic E-state index is 0.186. The molecule has 0 spiro atoms. The highest BCUT2D eigenvalue weighted by atomic mass is 32.2. The molecule has 0 saturated carbocycles. The van der Waals surface area contributed by atoms with E-state index in [-0.39, 0.29) is 23.4 Å². The van der Waals surface area contributed by atoms with Gasteiger partial charge in [0.25, 0.3) is 15.9 Å². The number of sulfonamides is 1. The molecule has 0 bridgehead atoms. The molecule has 0 fully saturated rings. The van der Waals surface area contributed by atoms with Crippen molar-refractivity contribution in [3.05, 3.63) is 40.3 Å². The van der Waals surface area contributed by atoms with Gasteiger partial charge in [-0.15, -0.1) is 11.3 Å². The lowest BCUT2D eigenvalue weighted by Crippen LogP contribution is -2.39. The SMILES string of the molecule is CC(NC(=O)c1cccs1)C(=O)OCc1ccc(S(=O)(=O)N(C)C)o1. The summed E-state index contributed by atoms with van der Waals surface area (Å²) >= 11 is 1.26. The molecule has 1 amide bonds. The zero-order valence-electron chi connectivity index (χ0n) is 13.9. The maximum Gasteiger partial charge on any atom is 0.328 e. The zero-order chi connectivity index (χ0) is 18.6. The number of esters is 1. The van der Waals surface area contributed by atoms with Crippen molar-refractivity contribution in [2.24, 2.45) is 0 Å². The van der Waals surface area contributed by atoms with E-state index in [1.807, 2.05) is 0 Å². The number of hydrogen-bond acceptors (Lipinski definition) is 7. The molecule has 1 N–H and O–H groups in total. The van der Waals surface area contributed by atoms with Crippen molar-refractivity contribution >= 4 is 33.2 Å². The van der Waals surface area contributed by atoms with Crippen molar-refractivity contribution in [2.75, 3.05) is 14.1 Å². The molecular weight excluding hydrogens is 368 g/mol. The third-order valence-corrected chi connectivity index (χ3v) is 5.73. The van der Waals surface area contributed by atoms with Crippen LogP contribution in [0.4, 0.5) is 0 Å². The molecule has 0 radical (unpaired) electrons. The maximum absolute atomic E-state index is 11.9. The minimum Gasteiger partial charge on any atom is -0.456 e. The van der Waals surface area contributed by atoms with Gasteiger partial charge in [-0.25, -0.2) is 17.5 Å². The van der Waals surface area contributed by atoms with Crippen LogP contribution in [0.25, 0.3) is 0 Å². The first-order chi connectivity index (χ1) is 11.7. The Morgan fingerprint density at radius 2 is 2.04 bits per heavy atom. The molecule has 10 heteroatoms. The van der Waals surface area contributed by atoms with Crippen LogP contribution < -0.4 is 5.32 Å². The molecule has 8 nitrogen and oxygen atoms in total. The summed E-state index contributed by atoms with van der Waals surface area (Å²) in [6, 6.07) is 5.24. The van der Waals surface area contributed by atoms with E-state index < -0.39 is 22.0 Å². The van der Waals surface area contributed by atoms with E-state index >= 15 is 0 Å². The molecular formula is C15H18N2O6S2. The number of nitrogens with one attached hydrogen (secondary N) is 1. The number of furan rings is 1. The normalized spacial score (nSPS) is 12.8. The Morgan fingerprint density at radius 3 is 2.64 bits per heavy atom. The maximum atomic E-state index is 11.9. The predicted octanol–water partition coefficient (Wildman–Crippen LogP) is 1.45. The molecule has 0 aliphatic rings. The average Bonchev–Trinajstić information content (AvgIpc) is 3.23. The summed E-state index contributed by atoms with van der Waals surface area (Å²) in [7, 11) is -0.913. The van der Waals surface area contributed by atoms with Crippen LogP contribution in [0.2, 0.25) is 0 Å². The number of hydrogen-bond donors (Lipinski definition) is 1. The lowest BCUT2D eigenvalue weighted by atomic mass is 10.3. The van der Waals surface area contributed by atoms with E-state index in [4.69, 9.17) is 9.15 Å². The first kappa shape index (κ1) is 19.2. The Hall–Kier alpha value is -2.17. The molecule has 2 aromatic rings. The van der Waals surface area contributed by atoms with Crippen molar-refractivity contribution in [3.63, 3.8) is 0 Å². The highest BCUT2D eigenvalue weighted by Gasteiger charge is 2.23. The fourth-order valence-corrected chi connectivity index (χ4v) is 3.20. The predicted molar refractivity (Wildman–Crippen MR) is 90.6 cm³/mol. The van der Waals surface area contributed by atoms with E-state index in [1.165, 1.54) is 44.5 Å². The molecule has 0 aliphatic heterocycles. The van der Waals surface area contributed by atoms with Gasteiger partial charge in [0, 0.05) is 14.1 Å². The summed E-state index contributed by atoms with van der Waals surface area (Å²) in [5.41, 5.74) is 0. The Kier molecular flexibility index (Phi) is 5.98. The van der Waals surface area contributed by atoms with E-state index in [1.54, 1.807) is 17.5 Å². The van der Waals surface area contributed by atoms with E-state index in [9.17, 15) is 18.0 Å². The highest BCUT2D eigenvalue weighted by molar-refractivity contribution is 7.88. The van der Waals surface area contributed by atoms with E-state index in [0.29, 0.717) is 4.88 Å². The quantitative estimate of drug-likeness (QED) is 0.722. The third kappa shape index (κ3) is 4.68. The van der Waals surface area contributed by atoms with Crippen LogP contribution in [-0.2, 0) is 26.2 Å². The topological polar surface area (TPSA) is 106 Å². The summed E-state index contributed by atoms with van der Waals surface area (Å²) in [6.07, 6.45) is 0. The van der Waals surface area contributed by atoms with Crippen LogP contribution in [0.1, 0.15) is 22.4 Å². The largest absolute Gasteiger partial charge is 0.456 e.